The fourth-order valence-corrected chi connectivity index (χ4v) is 7.28. The van der Waals surface area contributed by atoms with Gasteiger partial charge in [0, 0.05) is 19.3 Å². The van der Waals surface area contributed by atoms with Crippen LogP contribution < -0.4 is 0 Å². The van der Waals surface area contributed by atoms with Crippen molar-refractivity contribution in [1.82, 2.24) is 0 Å². The van der Waals surface area contributed by atoms with Crippen molar-refractivity contribution >= 4 is 17.9 Å². The van der Waals surface area contributed by atoms with Gasteiger partial charge >= 0.3 is 17.9 Å². The molecular weight excluding hydrogens is 685 g/mol. The second kappa shape index (κ2) is 42.0. The summed E-state index contributed by atoms with van der Waals surface area (Å²) >= 11 is 0. The predicted octanol–water partition coefficient (Wildman–Crippen LogP) is 15.4. The Morgan fingerprint density at radius 2 is 0.600 bits per heavy atom. The Bertz CT molecular complexity index is 839. The number of hydrogen-bond acceptors (Lipinski definition) is 6. The van der Waals surface area contributed by atoms with E-state index in [9.17, 15) is 14.4 Å². The molecule has 0 aromatic carbocycles. The van der Waals surface area contributed by atoms with Gasteiger partial charge in [-0.15, -0.1) is 0 Å². The van der Waals surface area contributed by atoms with Crippen molar-refractivity contribution in [3.8, 4) is 0 Å². The van der Waals surface area contributed by atoms with E-state index in [4.69, 9.17) is 14.2 Å². The first-order chi connectivity index (χ1) is 26.7. The largest absolute Gasteiger partial charge is 0.462 e. The SMILES string of the molecule is CCCCCCCCCCCCCCCCC(=O)OC[C@H](COC(=O)CCCCCCCCCCCCC(C)C)OC(=O)CCCCCCCCCC(C)C. The highest BCUT2D eigenvalue weighted by Crippen LogP contribution is 2.17. The van der Waals surface area contributed by atoms with Crippen LogP contribution in [0.2, 0.25) is 0 Å². The van der Waals surface area contributed by atoms with E-state index in [2.05, 4.69) is 34.6 Å². The van der Waals surface area contributed by atoms with E-state index in [1.807, 2.05) is 0 Å². The van der Waals surface area contributed by atoms with Gasteiger partial charge in [-0.25, -0.2) is 0 Å². The Morgan fingerprint density at radius 1 is 0.345 bits per heavy atom. The molecule has 0 amide bonds. The molecule has 0 spiro atoms. The van der Waals surface area contributed by atoms with Crippen LogP contribution >= 0.6 is 0 Å². The number of ether oxygens (including phenoxy) is 3. The van der Waals surface area contributed by atoms with E-state index < -0.39 is 6.10 Å². The van der Waals surface area contributed by atoms with Gasteiger partial charge in [0.2, 0.25) is 0 Å². The Kier molecular flexibility index (Phi) is 40.8. The van der Waals surface area contributed by atoms with Crippen molar-refractivity contribution in [1.29, 1.82) is 0 Å². The molecular formula is C49H94O6. The standard InChI is InChI=1S/C49H94O6/c1-6-7-8-9-10-11-12-13-14-15-19-24-29-34-39-47(50)53-42-46(55-49(52)41-36-31-26-21-23-28-33-38-45(4)5)43-54-48(51)40-35-30-25-20-17-16-18-22-27-32-37-44(2)3/h44-46H,6-43H2,1-5H3/t46-/m1/s1. The lowest BCUT2D eigenvalue weighted by molar-refractivity contribution is -0.167. The highest BCUT2D eigenvalue weighted by molar-refractivity contribution is 5.71. The molecule has 0 aromatic rings. The minimum absolute atomic E-state index is 0.0649. The normalized spacial score (nSPS) is 12.1. The summed E-state index contributed by atoms with van der Waals surface area (Å²) in [7, 11) is 0. The molecule has 55 heavy (non-hydrogen) atoms. The lowest BCUT2D eigenvalue weighted by Crippen LogP contribution is -2.30. The van der Waals surface area contributed by atoms with Crippen LogP contribution in [0.25, 0.3) is 0 Å². The van der Waals surface area contributed by atoms with Gasteiger partial charge in [-0.1, -0.05) is 227 Å². The number of hydrogen-bond donors (Lipinski definition) is 0. The smallest absolute Gasteiger partial charge is 0.306 e. The van der Waals surface area contributed by atoms with Gasteiger partial charge in [0.25, 0.3) is 0 Å². The molecule has 0 unspecified atom stereocenters. The zero-order valence-corrected chi connectivity index (χ0v) is 37.6. The second-order valence-corrected chi connectivity index (χ2v) is 17.7. The number of carbonyl (C=O) groups is 3. The van der Waals surface area contributed by atoms with Crippen LogP contribution in [0.4, 0.5) is 0 Å². The summed E-state index contributed by atoms with van der Waals surface area (Å²) < 4.78 is 16.7. The molecule has 0 saturated carbocycles. The molecule has 0 aliphatic rings. The fourth-order valence-electron chi connectivity index (χ4n) is 7.28. The van der Waals surface area contributed by atoms with Gasteiger partial charge in [0.1, 0.15) is 13.2 Å². The summed E-state index contributed by atoms with van der Waals surface area (Å²) in [6.45, 7) is 11.3. The zero-order chi connectivity index (χ0) is 40.5. The van der Waals surface area contributed by atoms with Crippen LogP contribution in [0.1, 0.15) is 266 Å². The highest BCUT2D eigenvalue weighted by Gasteiger charge is 2.19. The third-order valence-electron chi connectivity index (χ3n) is 11.0. The van der Waals surface area contributed by atoms with E-state index >= 15 is 0 Å². The first kappa shape index (κ1) is 53.4. The lowest BCUT2D eigenvalue weighted by atomic mass is 10.0. The topological polar surface area (TPSA) is 78.9 Å². The van der Waals surface area contributed by atoms with Crippen molar-refractivity contribution < 1.29 is 28.6 Å². The van der Waals surface area contributed by atoms with Gasteiger partial charge < -0.3 is 14.2 Å². The molecule has 0 N–H and O–H groups in total. The fraction of sp³-hybridized carbons (Fsp3) is 0.939. The Labute approximate surface area is 342 Å². The number of rotatable bonds is 43. The van der Waals surface area contributed by atoms with Crippen LogP contribution in [-0.4, -0.2) is 37.2 Å². The summed E-state index contributed by atoms with van der Waals surface area (Å²) in [6.07, 6.45) is 40.9. The van der Waals surface area contributed by atoms with Crippen molar-refractivity contribution in [2.24, 2.45) is 11.8 Å². The van der Waals surface area contributed by atoms with Crippen LogP contribution in [-0.2, 0) is 28.6 Å². The summed E-state index contributed by atoms with van der Waals surface area (Å²) in [4.78, 5) is 37.8. The van der Waals surface area contributed by atoms with E-state index in [1.165, 1.54) is 154 Å². The van der Waals surface area contributed by atoms with Gasteiger partial charge in [-0.2, -0.15) is 0 Å². The molecule has 6 nitrogen and oxygen atoms in total. The van der Waals surface area contributed by atoms with Crippen molar-refractivity contribution in [3.63, 3.8) is 0 Å². The van der Waals surface area contributed by atoms with E-state index in [0.717, 1.165) is 69.6 Å². The monoisotopic (exact) mass is 779 g/mol. The van der Waals surface area contributed by atoms with E-state index in [-0.39, 0.29) is 31.1 Å². The number of carbonyl (C=O) groups excluding carboxylic acids is 3. The predicted molar refractivity (Wildman–Crippen MR) is 233 cm³/mol. The van der Waals surface area contributed by atoms with E-state index in [1.54, 1.807) is 0 Å². The molecule has 0 aliphatic carbocycles. The molecule has 0 radical (unpaired) electrons. The molecule has 0 rings (SSSR count). The zero-order valence-electron chi connectivity index (χ0n) is 37.6. The van der Waals surface area contributed by atoms with Crippen molar-refractivity contribution in [2.45, 2.75) is 272 Å². The molecule has 0 bridgehead atoms. The first-order valence-corrected chi connectivity index (χ1v) is 24.2. The maximum absolute atomic E-state index is 12.7. The third-order valence-corrected chi connectivity index (χ3v) is 11.0. The third kappa shape index (κ3) is 43.4. The summed E-state index contributed by atoms with van der Waals surface area (Å²) in [5.74, 6) is 0.740. The molecule has 1 atom stereocenters. The Balaban J connectivity index is 4.30. The lowest BCUT2D eigenvalue weighted by Gasteiger charge is -2.18. The summed E-state index contributed by atoms with van der Waals surface area (Å²) in [5, 5.41) is 0. The van der Waals surface area contributed by atoms with Gasteiger partial charge in [0.15, 0.2) is 6.10 Å². The average molecular weight is 779 g/mol. The van der Waals surface area contributed by atoms with Gasteiger partial charge in [-0.05, 0) is 31.1 Å². The highest BCUT2D eigenvalue weighted by atomic mass is 16.6. The van der Waals surface area contributed by atoms with Gasteiger partial charge in [0.05, 0.1) is 0 Å². The first-order valence-electron chi connectivity index (χ1n) is 24.2. The Hall–Kier alpha value is -1.59. The average Bonchev–Trinajstić information content (AvgIpc) is 3.15. The minimum atomic E-state index is -0.761. The summed E-state index contributed by atoms with van der Waals surface area (Å²) in [6, 6.07) is 0. The molecule has 0 aliphatic heterocycles. The molecule has 326 valence electrons. The van der Waals surface area contributed by atoms with Crippen LogP contribution in [0, 0.1) is 11.8 Å². The van der Waals surface area contributed by atoms with Crippen LogP contribution in [0.5, 0.6) is 0 Å². The molecule has 6 heteroatoms. The second-order valence-electron chi connectivity index (χ2n) is 17.7. The minimum Gasteiger partial charge on any atom is -0.462 e. The van der Waals surface area contributed by atoms with Crippen LogP contribution in [0.15, 0.2) is 0 Å². The molecule has 0 aromatic heterocycles. The summed E-state index contributed by atoms with van der Waals surface area (Å²) in [5.41, 5.74) is 0. The van der Waals surface area contributed by atoms with Crippen molar-refractivity contribution in [2.75, 3.05) is 13.2 Å². The van der Waals surface area contributed by atoms with E-state index in [0.29, 0.717) is 19.3 Å². The Morgan fingerprint density at radius 3 is 0.891 bits per heavy atom. The number of esters is 3. The molecule has 0 fully saturated rings. The molecule has 0 saturated heterocycles. The maximum atomic E-state index is 12.7. The molecule has 0 heterocycles. The van der Waals surface area contributed by atoms with Crippen molar-refractivity contribution in [3.05, 3.63) is 0 Å². The maximum Gasteiger partial charge on any atom is 0.306 e. The number of unbranched alkanes of at least 4 members (excludes halogenated alkanes) is 28. The van der Waals surface area contributed by atoms with Gasteiger partial charge in [-0.3, -0.25) is 14.4 Å². The van der Waals surface area contributed by atoms with Crippen LogP contribution in [0.3, 0.4) is 0 Å². The quantitative estimate of drug-likeness (QED) is 0.0348.